The maximum atomic E-state index is 14.2. The number of carbonyl (C=O) groups is 2. The summed E-state index contributed by atoms with van der Waals surface area (Å²) in [4.78, 5) is 32.2. The summed E-state index contributed by atoms with van der Waals surface area (Å²) in [5, 5.41) is 9.24. The van der Waals surface area contributed by atoms with Crippen LogP contribution in [-0.4, -0.2) is 63.8 Å². The molecule has 230 valence electrons. The molecule has 6 rings (SSSR count). The Morgan fingerprint density at radius 1 is 1.00 bits per heavy atom. The molecule has 1 saturated heterocycles. The lowest BCUT2D eigenvalue weighted by molar-refractivity contribution is 0.0469. The first kappa shape index (κ1) is 31.5. The second-order valence-electron chi connectivity index (χ2n) is 11.2. The highest BCUT2D eigenvalue weighted by molar-refractivity contribution is 6.34. The van der Waals surface area contributed by atoms with Crippen LogP contribution in [0.5, 0.6) is 5.75 Å². The topological polar surface area (TPSA) is 115 Å². The predicted octanol–water partition coefficient (Wildman–Crippen LogP) is 5.96. The van der Waals surface area contributed by atoms with Crippen molar-refractivity contribution in [1.29, 1.82) is 0 Å². The number of ether oxygens (including phenoxy) is 1. The Balaban J connectivity index is 0.00000188. The number of aryl methyl sites for hydroxylation is 1. The van der Waals surface area contributed by atoms with E-state index >= 15 is 0 Å². The zero-order valence-corrected chi connectivity index (χ0v) is 27.0. The van der Waals surface area contributed by atoms with Gasteiger partial charge in [-0.05, 0) is 68.7 Å². The zero-order valence-electron chi connectivity index (χ0n) is 25.5. The summed E-state index contributed by atoms with van der Waals surface area (Å²) in [7, 11) is 1.61. The maximum Gasteiger partial charge on any atom is 0.275 e. The number of hydrogen-bond acceptors (Lipinski definition) is 6. The van der Waals surface area contributed by atoms with Gasteiger partial charge in [-0.25, -0.2) is 4.68 Å². The van der Waals surface area contributed by atoms with Gasteiger partial charge in [-0.3, -0.25) is 14.6 Å². The number of aromatic nitrogens is 3. The number of amides is 2. The summed E-state index contributed by atoms with van der Waals surface area (Å²) in [5.41, 5.74) is 11.5. The third kappa shape index (κ3) is 5.79. The normalized spacial score (nSPS) is 15.0. The van der Waals surface area contributed by atoms with Gasteiger partial charge < -0.3 is 20.7 Å². The fourth-order valence-corrected chi connectivity index (χ4v) is 6.41. The standard InChI is InChI=1S/C31H30Cl2N6O3.C2H6/c1-31(2)16-35-6-7-38(31)30(41)27-23-5-4-17-9-26(42-3)24(18-8-19(29(34)40)15-36-14-18)13-25(17)28(23)39(37-27)22-11-20(32)10-21(33)12-22;1-2/h8-15,35H,4-7,16H2,1-3H3,(H2,34,40);1-2H3. The van der Waals surface area contributed by atoms with E-state index in [0.29, 0.717) is 65.2 Å². The number of nitrogens with zero attached hydrogens (tertiary/aromatic N) is 4. The summed E-state index contributed by atoms with van der Waals surface area (Å²) in [6.45, 7) is 10.1. The van der Waals surface area contributed by atoms with Gasteiger partial charge in [0.25, 0.3) is 5.91 Å². The number of pyridine rings is 1. The van der Waals surface area contributed by atoms with Gasteiger partial charge in [-0.15, -0.1) is 0 Å². The molecule has 2 aliphatic rings. The molecule has 11 heteroatoms. The number of primary amides is 1. The van der Waals surface area contributed by atoms with Crippen molar-refractivity contribution in [3.05, 3.63) is 81.2 Å². The van der Waals surface area contributed by atoms with Crippen LogP contribution in [0.2, 0.25) is 10.0 Å². The number of benzene rings is 2. The van der Waals surface area contributed by atoms with Crippen molar-refractivity contribution in [3.63, 3.8) is 0 Å². The van der Waals surface area contributed by atoms with E-state index in [4.69, 9.17) is 38.8 Å². The summed E-state index contributed by atoms with van der Waals surface area (Å²) in [6, 6.07) is 10.9. The Bertz CT molecular complexity index is 1730. The van der Waals surface area contributed by atoms with Crippen LogP contribution in [0.4, 0.5) is 0 Å². The number of rotatable bonds is 5. The van der Waals surface area contributed by atoms with Crippen LogP contribution in [0.3, 0.4) is 0 Å². The Morgan fingerprint density at radius 2 is 1.73 bits per heavy atom. The van der Waals surface area contributed by atoms with E-state index in [1.807, 2.05) is 30.9 Å². The minimum Gasteiger partial charge on any atom is -0.496 e. The van der Waals surface area contributed by atoms with Gasteiger partial charge in [-0.1, -0.05) is 37.0 Å². The molecule has 3 N–H and O–H groups in total. The van der Waals surface area contributed by atoms with E-state index in [9.17, 15) is 9.59 Å². The third-order valence-electron chi connectivity index (χ3n) is 7.98. The number of nitrogens with one attached hydrogen (secondary N) is 1. The van der Waals surface area contributed by atoms with Gasteiger partial charge in [0, 0.05) is 64.3 Å². The SMILES string of the molecule is CC.COc1cc2c(cc1-c1cncc(C(N)=O)c1)-c1c(c(C(=O)N3CCNCC3(C)C)nn1-c1cc(Cl)cc(Cl)c1)CC2. The average molecular weight is 636 g/mol. The lowest BCUT2D eigenvalue weighted by Crippen LogP contribution is -2.60. The third-order valence-corrected chi connectivity index (χ3v) is 8.42. The molecule has 1 aliphatic heterocycles. The number of halogens is 2. The van der Waals surface area contributed by atoms with Crippen molar-refractivity contribution >= 4 is 35.0 Å². The maximum absolute atomic E-state index is 14.2. The lowest BCUT2D eigenvalue weighted by Gasteiger charge is -2.42. The van der Waals surface area contributed by atoms with Crippen LogP contribution in [0.15, 0.2) is 48.8 Å². The summed E-state index contributed by atoms with van der Waals surface area (Å²) in [6.07, 6.45) is 4.40. The van der Waals surface area contributed by atoms with Crippen molar-refractivity contribution in [3.8, 4) is 33.8 Å². The molecule has 9 nitrogen and oxygen atoms in total. The molecule has 1 fully saturated rings. The van der Waals surface area contributed by atoms with E-state index in [1.165, 1.54) is 6.20 Å². The van der Waals surface area contributed by atoms with Crippen molar-refractivity contribution in [2.24, 2.45) is 5.73 Å². The van der Waals surface area contributed by atoms with Gasteiger partial charge in [0.05, 0.1) is 29.6 Å². The van der Waals surface area contributed by atoms with Crippen LogP contribution in [0.1, 0.15) is 59.7 Å². The number of fused-ring (bicyclic) bond motifs is 3. The first-order valence-corrected chi connectivity index (χ1v) is 15.4. The van der Waals surface area contributed by atoms with Gasteiger partial charge in [0.15, 0.2) is 5.69 Å². The average Bonchev–Trinajstić information content (AvgIpc) is 3.41. The van der Waals surface area contributed by atoms with Crippen molar-refractivity contribution in [1.82, 2.24) is 25.0 Å². The van der Waals surface area contributed by atoms with Crippen LogP contribution in [0, 0.1) is 0 Å². The fraction of sp³-hybridized carbons (Fsp3) is 0.333. The minimum atomic E-state index is -0.571. The van der Waals surface area contributed by atoms with Gasteiger partial charge in [0.2, 0.25) is 5.91 Å². The highest BCUT2D eigenvalue weighted by Crippen LogP contribution is 2.43. The minimum absolute atomic E-state index is 0.111. The van der Waals surface area contributed by atoms with Crippen LogP contribution in [-0.2, 0) is 12.8 Å². The highest BCUT2D eigenvalue weighted by Gasteiger charge is 2.38. The van der Waals surface area contributed by atoms with E-state index in [-0.39, 0.29) is 17.0 Å². The Kier molecular flexibility index (Phi) is 9.02. The van der Waals surface area contributed by atoms with Gasteiger partial charge in [-0.2, -0.15) is 5.10 Å². The van der Waals surface area contributed by atoms with Crippen LogP contribution >= 0.6 is 23.2 Å². The lowest BCUT2D eigenvalue weighted by atomic mass is 9.86. The zero-order chi connectivity index (χ0) is 31.8. The van der Waals surface area contributed by atoms with Crippen LogP contribution in [0.25, 0.3) is 28.1 Å². The molecular weight excluding hydrogens is 599 g/mol. The van der Waals surface area contributed by atoms with E-state index in [2.05, 4.69) is 24.1 Å². The first-order valence-electron chi connectivity index (χ1n) is 14.6. The number of carbonyl (C=O) groups excluding carboxylic acids is 2. The molecule has 0 saturated carbocycles. The number of piperazine rings is 1. The van der Waals surface area contributed by atoms with E-state index < -0.39 is 5.91 Å². The molecule has 0 bridgehead atoms. The van der Waals surface area contributed by atoms with Crippen molar-refractivity contribution in [2.75, 3.05) is 26.7 Å². The monoisotopic (exact) mass is 634 g/mol. The van der Waals surface area contributed by atoms with Gasteiger partial charge >= 0.3 is 0 Å². The molecule has 0 spiro atoms. The molecule has 44 heavy (non-hydrogen) atoms. The molecule has 1 aliphatic carbocycles. The smallest absolute Gasteiger partial charge is 0.275 e. The molecule has 2 aromatic carbocycles. The molecule has 2 amide bonds. The van der Waals surface area contributed by atoms with Crippen LogP contribution < -0.4 is 15.8 Å². The molecule has 0 atom stereocenters. The Morgan fingerprint density at radius 3 is 2.39 bits per heavy atom. The van der Waals surface area contributed by atoms with Gasteiger partial charge in [0.1, 0.15) is 5.75 Å². The highest BCUT2D eigenvalue weighted by atomic mass is 35.5. The number of methoxy groups -OCH3 is 1. The number of hydrogen-bond donors (Lipinski definition) is 2. The van der Waals surface area contributed by atoms with E-state index in [1.54, 1.807) is 42.3 Å². The molecule has 4 aromatic rings. The van der Waals surface area contributed by atoms with Crippen molar-refractivity contribution in [2.45, 2.75) is 46.1 Å². The van der Waals surface area contributed by atoms with Crippen molar-refractivity contribution < 1.29 is 14.3 Å². The quantitative estimate of drug-likeness (QED) is 0.280. The summed E-state index contributed by atoms with van der Waals surface area (Å²) >= 11 is 12.9. The molecule has 2 aromatic heterocycles. The molecule has 0 unspecified atom stereocenters. The number of nitrogens with two attached hydrogens (primary N) is 1. The molecule has 0 radical (unpaired) electrons. The second-order valence-corrected chi connectivity index (χ2v) is 12.1. The predicted molar refractivity (Wildman–Crippen MR) is 174 cm³/mol. The Hall–Kier alpha value is -3.92. The summed E-state index contributed by atoms with van der Waals surface area (Å²) in [5.74, 6) is -0.0463. The fourth-order valence-electron chi connectivity index (χ4n) is 5.90. The molecule has 3 heterocycles. The second kappa shape index (κ2) is 12.6. The first-order chi connectivity index (χ1) is 21.1. The van der Waals surface area contributed by atoms with E-state index in [0.717, 1.165) is 27.9 Å². The molecular formula is C33H36Cl2N6O3. The summed E-state index contributed by atoms with van der Waals surface area (Å²) < 4.78 is 7.54. The Labute approximate surface area is 267 Å². The largest absolute Gasteiger partial charge is 0.496 e.